The van der Waals surface area contributed by atoms with Crippen LogP contribution in [-0.2, 0) is 17.1 Å². The SMILES string of the molecule is Cn1nc(Br)c2c(NCC(C)(C)NS(C)(=O)=O)ncnc21. The lowest BCUT2D eigenvalue weighted by Crippen LogP contribution is -2.47. The highest BCUT2D eigenvalue weighted by Crippen LogP contribution is 2.27. The number of anilines is 1. The Bertz CT molecular complexity index is 770. The number of nitrogens with one attached hydrogen (secondary N) is 2. The normalized spacial score (nSPS) is 12.8. The first-order chi connectivity index (χ1) is 9.59. The smallest absolute Gasteiger partial charge is 0.209 e. The molecular weight excluding hydrogens is 360 g/mol. The molecule has 116 valence electrons. The van der Waals surface area contributed by atoms with E-state index in [1.54, 1.807) is 25.6 Å². The molecule has 0 unspecified atom stereocenters. The molecule has 0 amide bonds. The minimum absolute atomic E-state index is 0.369. The van der Waals surface area contributed by atoms with Crippen molar-refractivity contribution < 1.29 is 8.42 Å². The fraction of sp³-hybridized carbons (Fsp3) is 0.545. The number of fused-ring (bicyclic) bond motifs is 1. The molecule has 2 rings (SSSR count). The molecule has 0 aliphatic heterocycles. The van der Waals surface area contributed by atoms with Crippen LogP contribution >= 0.6 is 15.9 Å². The molecule has 0 atom stereocenters. The van der Waals surface area contributed by atoms with Crippen molar-refractivity contribution in [3.8, 4) is 0 Å². The molecule has 2 N–H and O–H groups in total. The third-order valence-electron chi connectivity index (χ3n) is 2.74. The minimum Gasteiger partial charge on any atom is -0.367 e. The minimum atomic E-state index is -3.28. The molecule has 0 saturated heterocycles. The molecule has 0 radical (unpaired) electrons. The van der Waals surface area contributed by atoms with Gasteiger partial charge in [-0.3, -0.25) is 0 Å². The summed E-state index contributed by atoms with van der Waals surface area (Å²) in [5, 5.41) is 8.14. The van der Waals surface area contributed by atoms with E-state index in [0.29, 0.717) is 22.6 Å². The van der Waals surface area contributed by atoms with Crippen LogP contribution in [0.1, 0.15) is 13.8 Å². The fourth-order valence-corrected chi connectivity index (χ4v) is 3.70. The van der Waals surface area contributed by atoms with Crippen LogP contribution < -0.4 is 10.0 Å². The molecule has 0 aliphatic carbocycles. The molecule has 0 spiro atoms. The Morgan fingerprint density at radius 3 is 2.67 bits per heavy atom. The number of halogens is 1. The second-order valence-corrected chi connectivity index (χ2v) is 7.95. The van der Waals surface area contributed by atoms with Crippen LogP contribution in [0.25, 0.3) is 11.0 Å². The zero-order valence-electron chi connectivity index (χ0n) is 12.2. The number of aryl methyl sites for hydroxylation is 1. The van der Waals surface area contributed by atoms with Gasteiger partial charge in [0.1, 0.15) is 16.7 Å². The Balaban J connectivity index is 2.25. The van der Waals surface area contributed by atoms with Crippen molar-refractivity contribution in [2.75, 3.05) is 18.1 Å². The number of sulfonamides is 1. The third kappa shape index (κ3) is 3.89. The summed E-state index contributed by atoms with van der Waals surface area (Å²) in [6.07, 6.45) is 2.57. The van der Waals surface area contributed by atoms with E-state index in [1.807, 2.05) is 0 Å². The standard InChI is InChI=1S/C11H17BrN6O2S/c1-11(2,17-21(4,19)20)5-13-9-7-8(12)16-18(3)10(7)15-6-14-9/h6,17H,5H2,1-4H3,(H,13,14,15). The summed E-state index contributed by atoms with van der Waals surface area (Å²) < 4.78 is 27.5. The van der Waals surface area contributed by atoms with E-state index >= 15 is 0 Å². The molecule has 0 aromatic carbocycles. The molecule has 21 heavy (non-hydrogen) atoms. The topological polar surface area (TPSA) is 102 Å². The maximum absolute atomic E-state index is 11.3. The van der Waals surface area contributed by atoms with Gasteiger partial charge in [0.25, 0.3) is 0 Å². The Kier molecular flexibility index (Phi) is 4.22. The number of aromatic nitrogens is 4. The number of hydrogen-bond acceptors (Lipinski definition) is 6. The lowest BCUT2D eigenvalue weighted by atomic mass is 10.1. The predicted molar refractivity (Wildman–Crippen MR) is 84.6 cm³/mol. The molecule has 10 heteroatoms. The van der Waals surface area contributed by atoms with Gasteiger partial charge in [-0.15, -0.1) is 0 Å². The Labute approximate surface area is 131 Å². The van der Waals surface area contributed by atoms with Crippen LogP contribution in [0.2, 0.25) is 0 Å². The van der Waals surface area contributed by atoms with Gasteiger partial charge >= 0.3 is 0 Å². The lowest BCUT2D eigenvalue weighted by Gasteiger charge is -2.25. The van der Waals surface area contributed by atoms with E-state index in [4.69, 9.17) is 0 Å². The summed E-state index contributed by atoms with van der Waals surface area (Å²) in [6, 6.07) is 0. The third-order valence-corrected chi connectivity index (χ3v) is 4.22. The van der Waals surface area contributed by atoms with Crippen LogP contribution in [0.5, 0.6) is 0 Å². The highest BCUT2D eigenvalue weighted by atomic mass is 79.9. The van der Waals surface area contributed by atoms with Crippen LogP contribution in [0, 0.1) is 0 Å². The zero-order chi connectivity index (χ0) is 15.8. The van der Waals surface area contributed by atoms with Gasteiger partial charge in [-0.2, -0.15) is 5.10 Å². The Morgan fingerprint density at radius 1 is 1.38 bits per heavy atom. The predicted octanol–water partition coefficient (Wildman–Crippen LogP) is 0.865. The molecule has 2 aromatic heterocycles. The summed E-state index contributed by atoms with van der Waals surface area (Å²) >= 11 is 3.37. The van der Waals surface area contributed by atoms with Crippen LogP contribution in [0.4, 0.5) is 5.82 Å². The van der Waals surface area contributed by atoms with Crippen molar-refractivity contribution in [2.45, 2.75) is 19.4 Å². The van der Waals surface area contributed by atoms with Gasteiger partial charge in [-0.1, -0.05) is 0 Å². The maximum Gasteiger partial charge on any atom is 0.209 e. The Morgan fingerprint density at radius 2 is 2.05 bits per heavy atom. The summed E-state index contributed by atoms with van der Waals surface area (Å²) in [6.45, 7) is 3.95. The van der Waals surface area contributed by atoms with E-state index in [1.165, 1.54) is 6.33 Å². The molecule has 0 fully saturated rings. The van der Waals surface area contributed by atoms with Crippen LogP contribution in [0.15, 0.2) is 10.9 Å². The van der Waals surface area contributed by atoms with Crippen molar-refractivity contribution in [1.82, 2.24) is 24.5 Å². The van der Waals surface area contributed by atoms with Crippen molar-refractivity contribution in [1.29, 1.82) is 0 Å². The second-order valence-electron chi connectivity index (χ2n) is 5.45. The van der Waals surface area contributed by atoms with Gasteiger partial charge in [-0.25, -0.2) is 27.8 Å². The Hall–Kier alpha value is -1.26. The van der Waals surface area contributed by atoms with Gasteiger partial charge in [0.2, 0.25) is 10.0 Å². The molecular formula is C11H17BrN6O2S. The number of nitrogens with zero attached hydrogens (tertiary/aromatic N) is 4. The monoisotopic (exact) mass is 376 g/mol. The molecule has 0 aliphatic rings. The van der Waals surface area contributed by atoms with E-state index in [9.17, 15) is 8.42 Å². The maximum atomic E-state index is 11.3. The van der Waals surface area contributed by atoms with Gasteiger partial charge in [-0.05, 0) is 29.8 Å². The average molecular weight is 377 g/mol. The highest BCUT2D eigenvalue weighted by Gasteiger charge is 2.23. The molecule has 0 saturated carbocycles. The molecule has 2 aromatic rings. The fourth-order valence-electron chi connectivity index (χ4n) is 2.02. The molecule has 8 nitrogen and oxygen atoms in total. The van der Waals surface area contributed by atoms with E-state index in [2.05, 4.69) is 41.0 Å². The van der Waals surface area contributed by atoms with E-state index < -0.39 is 15.6 Å². The first kappa shape index (κ1) is 16.1. The first-order valence-electron chi connectivity index (χ1n) is 6.15. The summed E-state index contributed by atoms with van der Waals surface area (Å²) in [4.78, 5) is 8.37. The highest BCUT2D eigenvalue weighted by molar-refractivity contribution is 9.10. The zero-order valence-corrected chi connectivity index (χ0v) is 14.6. The van der Waals surface area contributed by atoms with Crippen LogP contribution in [-0.4, -0.2) is 46.5 Å². The summed E-state index contributed by atoms with van der Waals surface area (Å²) in [5.74, 6) is 0.600. The van der Waals surface area contributed by atoms with Gasteiger partial charge in [0.15, 0.2) is 5.65 Å². The van der Waals surface area contributed by atoms with Crippen molar-refractivity contribution in [3.05, 3.63) is 10.9 Å². The summed E-state index contributed by atoms with van der Waals surface area (Å²) in [7, 11) is -1.49. The van der Waals surface area contributed by atoms with Gasteiger partial charge < -0.3 is 5.32 Å². The van der Waals surface area contributed by atoms with E-state index in [0.717, 1.165) is 11.6 Å². The molecule has 2 heterocycles. The van der Waals surface area contributed by atoms with E-state index in [-0.39, 0.29) is 0 Å². The molecule has 0 bridgehead atoms. The van der Waals surface area contributed by atoms with Gasteiger partial charge in [0, 0.05) is 19.1 Å². The number of rotatable bonds is 5. The van der Waals surface area contributed by atoms with Crippen molar-refractivity contribution in [2.24, 2.45) is 7.05 Å². The van der Waals surface area contributed by atoms with Crippen molar-refractivity contribution in [3.63, 3.8) is 0 Å². The lowest BCUT2D eigenvalue weighted by molar-refractivity contribution is 0.476. The quantitative estimate of drug-likeness (QED) is 0.802. The first-order valence-corrected chi connectivity index (χ1v) is 8.83. The second kappa shape index (κ2) is 5.50. The largest absolute Gasteiger partial charge is 0.367 e. The summed E-state index contributed by atoms with van der Waals surface area (Å²) in [5.41, 5.74) is 0.0350. The number of hydrogen-bond donors (Lipinski definition) is 2. The van der Waals surface area contributed by atoms with Crippen molar-refractivity contribution >= 4 is 42.8 Å². The van der Waals surface area contributed by atoms with Crippen LogP contribution in [0.3, 0.4) is 0 Å². The average Bonchev–Trinajstić information content (AvgIpc) is 2.60. The van der Waals surface area contributed by atoms with Gasteiger partial charge in [0.05, 0.1) is 11.6 Å².